The summed E-state index contributed by atoms with van der Waals surface area (Å²) in [5, 5.41) is 10.9. The fraction of sp³-hybridized carbons (Fsp3) is 0.400. The number of benzene rings is 1. The minimum atomic E-state index is -1.13. The summed E-state index contributed by atoms with van der Waals surface area (Å²) in [6.07, 6.45) is 1.20. The summed E-state index contributed by atoms with van der Waals surface area (Å²) in [5.41, 5.74) is 0.400. The Labute approximate surface area is 152 Å². The molecule has 1 amide bonds. The largest absolute Gasteiger partial charge is 0.491 e. The second kappa shape index (κ2) is 7.33. The third kappa shape index (κ3) is 4.14. The van der Waals surface area contributed by atoms with Crippen molar-refractivity contribution in [1.82, 2.24) is 9.88 Å². The number of nitrogens with zero attached hydrogens (tertiary/aromatic N) is 1. The van der Waals surface area contributed by atoms with E-state index < -0.39 is 11.2 Å². The fourth-order valence-corrected chi connectivity index (χ4v) is 3.17. The number of H-pyrrole nitrogens is 1. The first-order valence-corrected chi connectivity index (χ1v) is 8.77. The molecule has 2 aromatic rings. The van der Waals surface area contributed by atoms with Gasteiger partial charge in [0.05, 0.1) is 6.54 Å². The Kier molecular flexibility index (Phi) is 5.13. The van der Waals surface area contributed by atoms with Crippen molar-refractivity contribution in [1.29, 1.82) is 0 Å². The molecular formula is C20H24N2O4. The van der Waals surface area contributed by atoms with Crippen LogP contribution in [0.3, 0.4) is 0 Å². The summed E-state index contributed by atoms with van der Waals surface area (Å²) in [5.74, 6) is 0.321. The molecule has 3 rings (SSSR count). The average Bonchev–Trinajstić information content (AvgIpc) is 2.61. The van der Waals surface area contributed by atoms with Gasteiger partial charge in [-0.05, 0) is 51.0 Å². The molecule has 1 fully saturated rings. The van der Waals surface area contributed by atoms with Gasteiger partial charge in [0, 0.05) is 12.2 Å². The van der Waals surface area contributed by atoms with E-state index in [1.54, 1.807) is 13.0 Å². The summed E-state index contributed by atoms with van der Waals surface area (Å²) in [4.78, 5) is 28.9. The maximum atomic E-state index is 12.7. The zero-order chi connectivity index (χ0) is 18.7. The van der Waals surface area contributed by atoms with Crippen LogP contribution in [0.4, 0.5) is 0 Å². The SMILES string of the molecule is Cc1ccc(OC[C@]2(O)CCCN(C(=O)c3ccc(C)[nH]c3=O)C2)cc1. The average molecular weight is 356 g/mol. The quantitative estimate of drug-likeness (QED) is 0.878. The summed E-state index contributed by atoms with van der Waals surface area (Å²) >= 11 is 0. The van der Waals surface area contributed by atoms with Gasteiger partial charge in [0.2, 0.25) is 0 Å². The van der Waals surface area contributed by atoms with E-state index in [1.165, 1.54) is 11.0 Å². The Balaban J connectivity index is 1.68. The fourth-order valence-electron chi connectivity index (χ4n) is 3.17. The number of piperidine rings is 1. The Morgan fingerprint density at radius 2 is 1.96 bits per heavy atom. The summed E-state index contributed by atoms with van der Waals surface area (Å²) in [6, 6.07) is 10.8. The molecule has 1 saturated heterocycles. The van der Waals surface area contributed by atoms with Crippen LogP contribution in [0.2, 0.25) is 0 Å². The number of ether oxygens (including phenoxy) is 1. The first-order chi connectivity index (χ1) is 12.4. The molecule has 1 aliphatic heterocycles. The number of aliphatic hydroxyl groups is 1. The highest BCUT2D eigenvalue weighted by Gasteiger charge is 2.36. The lowest BCUT2D eigenvalue weighted by molar-refractivity contribution is -0.0532. The normalized spacial score (nSPS) is 20.0. The van der Waals surface area contributed by atoms with E-state index in [-0.39, 0.29) is 24.6 Å². The van der Waals surface area contributed by atoms with E-state index >= 15 is 0 Å². The third-order valence-electron chi connectivity index (χ3n) is 4.66. The van der Waals surface area contributed by atoms with Crippen LogP contribution in [0.1, 0.15) is 34.5 Å². The van der Waals surface area contributed by atoms with E-state index in [2.05, 4.69) is 4.98 Å². The van der Waals surface area contributed by atoms with Crippen molar-refractivity contribution in [2.75, 3.05) is 19.7 Å². The monoisotopic (exact) mass is 356 g/mol. The number of β-amino-alcohol motifs (C(OH)–C–C–N with tert-alkyl or cyclic N) is 1. The zero-order valence-corrected chi connectivity index (χ0v) is 15.1. The number of rotatable bonds is 4. The van der Waals surface area contributed by atoms with Crippen LogP contribution < -0.4 is 10.3 Å². The molecule has 1 aromatic heterocycles. The number of carbonyl (C=O) groups excluding carboxylic acids is 1. The predicted octanol–water partition coefficient (Wildman–Crippen LogP) is 2.04. The van der Waals surface area contributed by atoms with Crippen LogP contribution in [0.25, 0.3) is 0 Å². The van der Waals surface area contributed by atoms with Gasteiger partial charge in [-0.25, -0.2) is 0 Å². The molecule has 2 N–H and O–H groups in total. The number of likely N-dealkylation sites (tertiary alicyclic amines) is 1. The molecule has 0 spiro atoms. The van der Waals surface area contributed by atoms with Crippen LogP contribution >= 0.6 is 0 Å². The smallest absolute Gasteiger partial charge is 0.260 e. The first-order valence-electron chi connectivity index (χ1n) is 8.77. The molecule has 26 heavy (non-hydrogen) atoms. The van der Waals surface area contributed by atoms with E-state index in [9.17, 15) is 14.7 Å². The third-order valence-corrected chi connectivity index (χ3v) is 4.66. The Bertz CT molecular complexity index is 844. The molecule has 6 heteroatoms. The lowest BCUT2D eigenvalue weighted by Crippen LogP contribution is -2.53. The lowest BCUT2D eigenvalue weighted by Gasteiger charge is -2.38. The van der Waals surface area contributed by atoms with Gasteiger partial charge < -0.3 is 19.7 Å². The highest BCUT2D eigenvalue weighted by molar-refractivity contribution is 5.94. The number of hydrogen-bond donors (Lipinski definition) is 2. The van der Waals surface area contributed by atoms with E-state index in [0.29, 0.717) is 30.8 Å². The van der Waals surface area contributed by atoms with Gasteiger partial charge in [0.25, 0.3) is 11.5 Å². The zero-order valence-electron chi connectivity index (χ0n) is 15.1. The number of nitrogens with one attached hydrogen (secondary N) is 1. The van der Waals surface area contributed by atoms with Crippen LogP contribution in [0.15, 0.2) is 41.2 Å². The van der Waals surface area contributed by atoms with Gasteiger partial charge in [-0.3, -0.25) is 9.59 Å². The predicted molar refractivity (Wildman–Crippen MR) is 98.6 cm³/mol. The second-order valence-electron chi connectivity index (χ2n) is 7.04. The summed E-state index contributed by atoms with van der Waals surface area (Å²) in [6.45, 7) is 4.51. The van der Waals surface area contributed by atoms with Gasteiger partial charge in [0.1, 0.15) is 23.5 Å². The number of hydrogen-bond acceptors (Lipinski definition) is 4. The van der Waals surface area contributed by atoms with E-state index in [1.807, 2.05) is 31.2 Å². The molecule has 138 valence electrons. The molecule has 6 nitrogen and oxygen atoms in total. The minimum Gasteiger partial charge on any atom is -0.491 e. The summed E-state index contributed by atoms with van der Waals surface area (Å²) < 4.78 is 5.72. The summed E-state index contributed by atoms with van der Waals surface area (Å²) in [7, 11) is 0. The second-order valence-corrected chi connectivity index (χ2v) is 7.04. The number of pyridine rings is 1. The van der Waals surface area contributed by atoms with E-state index in [4.69, 9.17) is 4.74 Å². The molecular weight excluding hydrogens is 332 g/mol. The van der Waals surface area contributed by atoms with Crippen molar-refractivity contribution >= 4 is 5.91 Å². The molecule has 0 radical (unpaired) electrons. The molecule has 0 saturated carbocycles. The topological polar surface area (TPSA) is 82.6 Å². The van der Waals surface area contributed by atoms with Crippen LogP contribution in [-0.4, -0.2) is 46.2 Å². The van der Waals surface area contributed by atoms with Gasteiger partial charge in [-0.2, -0.15) is 0 Å². The number of carbonyl (C=O) groups is 1. The lowest BCUT2D eigenvalue weighted by atomic mass is 9.93. The maximum Gasteiger partial charge on any atom is 0.260 e. The standard InChI is InChI=1S/C20H24N2O4/c1-14-4-7-16(8-5-14)26-13-20(25)10-3-11-22(12-20)19(24)17-9-6-15(2)21-18(17)23/h4-9,25H,3,10-13H2,1-2H3,(H,21,23)/t20-/m0/s1. The van der Waals surface area contributed by atoms with Crippen molar-refractivity contribution in [2.45, 2.75) is 32.3 Å². The van der Waals surface area contributed by atoms with Crippen molar-refractivity contribution < 1.29 is 14.6 Å². The van der Waals surface area contributed by atoms with Crippen LogP contribution in [-0.2, 0) is 0 Å². The van der Waals surface area contributed by atoms with Crippen LogP contribution in [0.5, 0.6) is 5.75 Å². The molecule has 0 aliphatic carbocycles. The number of aromatic nitrogens is 1. The number of aryl methyl sites for hydroxylation is 2. The van der Waals surface area contributed by atoms with Gasteiger partial charge in [0.15, 0.2) is 0 Å². The van der Waals surface area contributed by atoms with Gasteiger partial charge in [-0.1, -0.05) is 17.7 Å². The van der Waals surface area contributed by atoms with Crippen LogP contribution in [0, 0.1) is 13.8 Å². The Morgan fingerprint density at radius 3 is 2.65 bits per heavy atom. The van der Waals surface area contributed by atoms with Crippen molar-refractivity contribution in [3.05, 3.63) is 63.6 Å². The molecule has 2 heterocycles. The minimum absolute atomic E-state index is 0.0966. The Morgan fingerprint density at radius 1 is 1.23 bits per heavy atom. The molecule has 1 aromatic carbocycles. The first kappa shape index (κ1) is 18.2. The maximum absolute atomic E-state index is 12.7. The molecule has 1 aliphatic rings. The number of amides is 1. The number of aromatic amines is 1. The Hall–Kier alpha value is -2.60. The van der Waals surface area contributed by atoms with Gasteiger partial charge >= 0.3 is 0 Å². The molecule has 1 atom stereocenters. The molecule has 0 bridgehead atoms. The highest BCUT2D eigenvalue weighted by atomic mass is 16.5. The van der Waals surface area contributed by atoms with Gasteiger partial charge in [-0.15, -0.1) is 0 Å². The van der Waals surface area contributed by atoms with Crippen molar-refractivity contribution in [3.8, 4) is 5.75 Å². The van der Waals surface area contributed by atoms with Crippen molar-refractivity contribution in [3.63, 3.8) is 0 Å². The molecule has 0 unspecified atom stereocenters. The highest BCUT2D eigenvalue weighted by Crippen LogP contribution is 2.24. The van der Waals surface area contributed by atoms with Crippen molar-refractivity contribution in [2.24, 2.45) is 0 Å². The van der Waals surface area contributed by atoms with E-state index in [0.717, 1.165) is 5.56 Å².